The van der Waals surface area contributed by atoms with Crippen molar-refractivity contribution in [1.29, 1.82) is 0 Å². The number of carboxylic acid groups (broad SMARTS) is 1. The molecule has 2 aromatic carbocycles. The van der Waals surface area contributed by atoms with E-state index >= 15 is 0 Å². The molecule has 0 bridgehead atoms. The first-order chi connectivity index (χ1) is 11.1. The molecular formula is C16H17F3N2O3. The highest BCUT2D eigenvalue weighted by Gasteiger charge is 2.38. The molecule has 2 aromatic rings. The maximum Gasteiger partial charge on any atom is 0.490 e. The predicted molar refractivity (Wildman–Crippen MR) is 84.5 cm³/mol. The van der Waals surface area contributed by atoms with Crippen LogP contribution in [0.15, 0.2) is 42.5 Å². The molecule has 0 saturated heterocycles. The number of carbonyl (C=O) groups is 2. The van der Waals surface area contributed by atoms with E-state index in [1.807, 2.05) is 49.4 Å². The zero-order valence-electron chi connectivity index (χ0n) is 12.8. The second-order valence-electron chi connectivity index (χ2n) is 5.06. The van der Waals surface area contributed by atoms with Gasteiger partial charge in [-0.1, -0.05) is 36.4 Å². The lowest BCUT2D eigenvalue weighted by molar-refractivity contribution is -0.192. The Morgan fingerprint density at radius 2 is 1.71 bits per heavy atom. The third kappa shape index (κ3) is 6.25. The van der Waals surface area contributed by atoms with E-state index in [1.54, 1.807) is 0 Å². The van der Waals surface area contributed by atoms with Gasteiger partial charge < -0.3 is 16.2 Å². The molecule has 0 unspecified atom stereocenters. The van der Waals surface area contributed by atoms with Crippen molar-refractivity contribution in [3.63, 3.8) is 0 Å². The van der Waals surface area contributed by atoms with Gasteiger partial charge in [0.2, 0.25) is 5.91 Å². The lowest BCUT2D eigenvalue weighted by atomic mass is 10.1. The molecule has 2 rings (SSSR count). The highest BCUT2D eigenvalue weighted by Crippen LogP contribution is 2.23. The van der Waals surface area contributed by atoms with Gasteiger partial charge in [0.05, 0.1) is 0 Å². The Morgan fingerprint density at radius 1 is 1.17 bits per heavy atom. The fourth-order valence-corrected chi connectivity index (χ4v) is 1.83. The van der Waals surface area contributed by atoms with E-state index in [1.165, 1.54) is 0 Å². The molecule has 0 saturated carbocycles. The molecule has 0 aliphatic heterocycles. The number of halogens is 3. The fourth-order valence-electron chi connectivity index (χ4n) is 1.83. The Labute approximate surface area is 136 Å². The third-order valence-electron chi connectivity index (χ3n) is 2.81. The maximum absolute atomic E-state index is 11.7. The summed E-state index contributed by atoms with van der Waals surface area (Å²) in [6.45, 7) is 1.82. The Morgan fingerprint density at radius 3 is 2.25 bits per heavy atom. The number of carboxylic acids is 1. The van der Waals surface area contributed by atoms with Crippen LogP contribution in [0.1, 0.15) is 13.3 Å². The van der Waals surface area contributed by atoms with Gasteiger partial charge in [-0.15, -0.1) is 0 Å². The van der Waals surface area contributed by atoms with Crippen molar-refractivity contribution in [1.82, 2.24) is 0 Å². The number of alkyl halides is 3. The maximum atomic E-state index is 11.7. The average Bonchev–Trinajstić information content (AvgIpc) is 2.46. The third-order valence-corrected chi connectivity index (χ3v) is 2.81. The van der Waals surface area contributed by atoms with Crippen LogP contribution in [0.2, 0.25) is 0 Å². The van der Waals surface area contributed by atoms with E-state index in [0.717, 1.165) is 16.5 Å². The van der Waals surface area contributed by atoms with E-state index < -0.39 is 12.1 Å². The van der Waals surface area contributed by atoms with Crippen molar-refractivity contribution in [3.8, 4) is 0 Å². The van der Waals surface area contributed by atoms with E-state index in [2.05, 4.69) is 5.32 Å². The smallest absolute Gasteiger partial charge is 0.475 e. The van der Waals surface area contributed by atoms with Crippen LogP contribution in [-0.2, 0) is 9.59 Å². The van der Waals surface area contributed by atoms with Gasteiger partial charge in [-0.2, -0.15) is 13.2 Å². The Hall–Kier alpha value is -2.61. The molecule has 130 valence electrons. The standard InChI is InChI=1S/C14H16N2O.C2HF3O2/c1-10(15)9-14(17)16-13-8-4-6-11-5-2-3-7-12(11)13;3-2(4,5)1(6)7/h2-8,10H,9,15H2,1H3,(H,16,17);(H,6,7)/t10-;/m0./s1. The van der Waals surface area contributed by atoms with Crippen LogP contribution in [0.5, 0.6) is 0 Å². The SMILES string of the molecule is C[C@H](N)CC(=O)Nc1cccc2ccccc12.O=C(O)C(F)(F)F. The number of amides is 1. The van der Waals surface area contributed by atoms with Gasteiger partial charge >= 0.3 is 12.1 Å². The number of hydrogen-bond acceptors (Lipinski definition) is 3. The molecule has 24 heavy (non-hydrogen) atoms. The molecule has 8 heteroatoms. The minimum atomic E-state index is -5.08. The van der Waals surface area contributed by atoms with Crippen LogP contribution in [0, 0.1) is 0 Å². The monoisotopic (exact) mass is 342 g/mol. The number of hydrogen-bond donors (Lipinski definition) is 3. The van der Waals surface area contributed by atoms with Crippen LogP contribution in [0.4, 0.5) is 18.9 Å². The van der Waals surface area contributed by atoms with Crippen molar-refractivity contribution >= 4 is 28.3 Å². The quantitative estimate of drug-likeness (QED) is 0.799. The van der Waals surface area contributed by atoms with Crippen molar-refractivity contribution < 1.29 is 27.9 Å². The number of nitrogens with two attached hydrogens (primary N) is 1. The van der Waals surface area contributed by atoms with E-state index in [9.17, 15) is 18.0 Å². The van der Waals surface area contributed by atoms with Gasteiger partial charge in [0.25, 0.3) is 0 Å². The molecule has 5 nitrogen and oxygen atoms in total. The first kappa shape index (κ1) is 19.4. The number of fused-ring (bicyclic) bond motifs is 1. The van der Waals surface area contributed by atoms with Crippen LogP contribution in [0.3, 0.4) is 0 Å². The van der Waals surface area contributed by atoms with E-state index in [4.69, 9.17) is 15.6 Å². The summed E-state index contributed by atoms with van der Waals surface area (Å²) in [5, 5.41) is 12.2. The first-order valence-corrected chi connectivity index (χ1v) is 6.94. The lowest BCUT2D eigenvalue weighted by Gasteiger charge is -2.09. The molecule has 0 aromatic heterocycles. The molecule has 1 atom stereocenters. The molecular weight excluding hydrogens is 325 g/mol. The van der Waals surface area contributed by atoms with Gasteiger partial charge in [-0.3, -0.25) is 4.79 Å². The number of anilines is 1. The van der Waals surface area contributed by atoms with E-state index in [-0.39, 0.29) is 11.9 Å². The Balaban J connectivity index is 0.000000351. The van der Waals surface area contributed by atoms with E-state index in [0.29, 0.717) is 6.42 Å². The molecule has 0 radical (unpaired) electrons. The van der Waals surface area contributed by atoms with Crippen LogP contribution in [-0.4, -0.2) is 29.2 Å². The molecule has 0 aliphatic carbocycles. The van der Waals surface area contributed by atoms with Gasteiger partial charge in [-0.05, 0) is 18.4 Å². The molecule has 0 heterocycles. The van der Waals surface area contributed by atoms with Crippen molar-refractivity contribution in [3.05, 3.63) is 42.5 Å². The van der Waals surface area contributed by atoms with Gasteiger partial charge in [0.15, 0.2) is 0 Å². The second-order valence-corrected chi connectivity index (χ2v) is 5.06. The first-order valence-electron chi connectivity index (χ1n) is 6.94. The summed E-state index contributed by atoms with van der Waals surface area (Å²) in [7, 11) is 0. The normalized spacial score (nSPS) is 12.0. The molecule has 0 aliphatic rings. The molecule has 0 spiro atoms. The lowest BCUT2D eigenvalue weighted by Crippen LogP contribution is -2.24. The summed E-state index contributed by atoms with van der Waals surface area (Å²) in [5.41, 5.74) is 6.44. The van der Waals surface area contributed by atoms with Crippen molar-refractivity contribution in [2.24, 2.45) is 5.73 Å². The van der Waals surface area contributed by atoms with Crippen LogP contribution in [0.25, 0.3) is 10.8 Å². The topological polar surface area (TPSA) is 92.4 Å². The zero-order valence-corrected chi connectivity index (χ0v) is 12.8. The molecule has 0 fully saturated rings. The second kappa shape index (κ2) is 8.30. The minimum Gasteiger partial charge on any atom is -0.475 e. The zero-order chi connectivity index (χ0) is 18.3. The summed E-state index contributed by atoms with van der Waals surface area (Å²) >= 11 is 0. The Kier molecular flexibility index (Phi) is 6.72. The summed E-state index contributed by atoms with van der Waals surface area (Å²) in [6, 6.07) is 13.7. The number of nitrogens with one attached hydrogen (secondary N) is 1. The van der Waals surface area contributed by atoms with Gasteiger partial charge in [-0.25, -0.2) is 4.79 Å². The molecule has 1 amide bonds. The average molecular weight is 342 g/mol. The van der Waals surface area contributed by atoms with Gasteiger partial charge in [0, 0.05) is 23.5 Å². The Bertz CT molecular complexity index is 710. The summed E-state index contributed by atoms with van der Waals surface area (Å²) < 4.78 is 31.7. The summed E-state index contributed by atoms with van der Waals surface area (Å²) in [6.07, 6.45) is -4.75. The number of rotatable bonds is 3. The largest absolute Gasteiger partial charge is 0.490 e. The summed E-state index contributed by atoms with van der Waals surface area (Å²) in [4.78, 5) is 20.6. The van der Waals surface area contributed by atoms with Crippen LogP contribution < -0.4 is 11.1 Å². The highest BCUT2D eigenvalue weighted by molar-refractivity contribution is 6.02. The van der Waals surface area contributed by atoms with Crippen molar-refractivity contribution in [2.45, 2.75) is 25.6 Å². The number of aliphatic carboxylic acids is 1. The number of benzene rings is 2. The number of carbonyl (C=O) groups excluding carboxylic acids is 1. The van der Waals surface area contributed by atoms with Gasteiger partial charge in [0.1, 0.15) is 0 Å². The van der Waals surface area contributed by atoms with Crippen molar-refractivity contribution in [2.75, 3.05) is 5.32 Å². The highest BCUT2D eigenvalue weighted by atomic mass is 19.4. The minimum absolute atomic E-state index is 0.0450. The fraction of sp³-hybridized carbons (Fsp3) is 0.250. The predicted octanol–water partition coefficient (Wildman–Crippen LogP) is 3.15. The molecule has 4 N–H and O–H groups in total. The van der Waals surface area contributed by atoms with Crippen LogP contribution >= 0.6 is 0 Å². The summed E-state index contributed by atoms with van der Waals surface area (Å²) in [5.74, 6) is -2.80.